The van der Waals surface area contributed by atoms with Crippen molar-refractivity contribution in [1.29, 1.82) is 0 Å². The molecule has 0 radical (unpaired) electrons. The van der Waals surface area contributed by atoms with Crippen LogP contribution in [0.15, 0.2) is 0 Å². The van der Waals surface area contributed by atoms with Gasteiger partial charge >= 0.3 is 0 Å². The third kappa shape index (κ3) is 2.48. The molecule has 0 aromatic heterocycles. The quantitative estimate of drug-likeness (QED) is 0.666. The van der Waals surface area contributed by atoms with Crippen molar-refractivity contribution in [2.75, 3.05) is 0 Å². The van der Waals surface area contributed by atoms with Crippen molar-refractivity contribution in [2.45, 2.75) is 58.5 Å². The summed E-state index contributed by atoms with van der Waals surface area (Å²) in [6.07, 6.45) is 7.20. The van der Waals surface area contributed by atoms with Crippen LogP contribution in [-0.4, -0.2) is 11.2 Å². The predicted molar refractivity (Wildman–Crippen MR) is 47.5 cm³/mol. The van der Waals surface area contributed by atoms with E-state index in [1.54, 1.807) is 0 Å². The van der Waals surface area contributed by atoms with Gasteiger partial charge in [-0.05, 0) is 31.1 Å². The molecule has 0 bridgehead atoms. The maximum Gasteiger partial charge on any atom is 0.0545 e. The van der Waals surface area contributed by atoms with E-state index in [0.717, 1.165) is 12.8 Å². The van der Waals surface area contributed by atoms with Gasteiger partial charge in [0.1, 0.15) is 0 Å². The normalized spacial score (nSPS) is 37.9. The maximum atomic E-state index is 9.36. The van der Waals surface area contributed by atoms with E-state index in [9.17, 15) is 5.11 Å². The van der Waals surface area contributed by atoms with Gasteiger partial charge in [-0.15, -0.1) is 0 Å². The van der Waals surface area contributed by atoms with Crippen LogP contribution in [0.1, 0.15) is 52.4 Å². The molecule has 0 aliphatic heterocycles. The molecule has 0 amide bonds. The zero-order chi connectivity index (χ0) is 8.32. The summed E-state index contributed by atoms with van der Waals surface area (Å²) in [7, 11) is 0. The fourth-order valence-electron chi connectivity index (χ4n) is 2.12. The average Bonchev–Trinajstić information content (AvgIpc) is 2.28. The molecule has 1 heteroatoms. The second-order valence-corrected chi connectivity index (χ2v) is 4.31. The van der Waals surface area contributed by atoms with Gasteiger partial charge in [-0.25, -0.2) is 0 Å². The smallest absolute Gasteiger partial charge is 0.0545 e. The van der Waals surface area contributed by atoms with Gasteiger partial charge in [-0.3, -0.25) is 0 Å². The molecule has 1 nitrogen and oxygen atoms in total. The van der Waals surface area contributed by atoms with E-state index in [1.807, 2.05) is 0 Å². The highest BCUT2D eigenvalue weighted by molar-refractivity contribution is 4.85. The molecule has 11 heavy (non-hydrogen) atoms. The molecule has 1 aliphatic carbocycles. The van der Waals surface area contributed by atoms with Crippen molar-refractivity contribution in [1.82, 2.24) is 0 Å². The fraction of sp³-hybridized carbons (Fsp3) is 1.00. The number of hydrogen-bond acceptors (Lipinski definition) is 1. The zero-order valence-corrected chi connectivity index (χ0v) is 7.77. The molecule has 1 rings (SSSR count). The number of rotatable bonds is 3. The monoisotopic (exact) mass is 156 g/mol. The summed E-state index contributed by atoms with van der Waals surface area (Å²) in [4.78, 5) is 0. The van der Waals surface area contributed by atoms with Crippen molar-refractivity contribution in [2.24, 2.45) is 5.41 Å². The lowest BCUT2D eigenvalue weighted by Crippen LogP contribution is -2.12. The Kier molecular flexibility index (Phi) is 2.94. The lowest BCUT2D eigenvalue weighted by molar-refractivity contribution is 0.160. The first-order valence-electron chi connectivity index (χ1n) is 4.84. The lowest BCUT2D eigenvalue weighted by atomic mass is 9.83. The summed E-state index contributed by atoms with van der Waals surface area (Å²) < 4.78 is 0. The number of aliphatic hydroxyl groups is 1. The highest BCUT2D eigenvalue weighted by atomic mass is 16.3. The Morgan fingerprint density at radius 1 is 1.55 bits per heavy atom. The second kappa shape index (κ2) is 3.57. The summed E-state index contributed by atoms with van der Waals surface area (Å²) >= 11 is 0. The van der Waals surface area contributed by atoms with Crippen molar-refractivity contribution in [3.63, 3.8) is 0 Å². The Morgan fingerprint density at radius 2 is 2.27 bits per heavy atom. The maximum absolute atomic E-state index is 9.36. The lowest BCUT2D eigenvalue weighted by Gasteiger charge is -2.22. The molecule has 2 unspecified atom stereocenters. The van der Waals surface area contributed by atoms with Gasteiger partial charge in [0.25, 0.3) is 0 Å². The van der Waals surface area contributed by atoms with Crippen LogP contribution in [0.2, 0.25) is 0 Å². The molecule has 0 heterocycles. The highest BCUT2D eigenvalue weighted by Crippen LogP contribution is 2.41. The first kappa shape index (κ1) is 9.05. The van der Waals surface area contributed by atoms with Crippen LogP contribution in [0.25, 0.3) is 0 Å². The average molecular weight is 156 g/mol. The Hall–Kier alpha value is -0.0400. The number of unbranched alkanes of at least 4 members (excludes halogenated alkanes) is 1. The van der Waals surface area contributed by atoms with E-state index in [1.165, 1.54) is 25.7 Å². The minimum absolute atomic E-state index is 0.00291. The van der Waals surface area contributed by atoms with Crippen LogP contribution in [0.5, 0.6) is 0 Å². The zero-order valence-electron chi connectivity index (χ0n) is 7.77. The van der Waals surface area contributed by atoms with E-state index < -0.39 is 0 Å². The molecule has 1 aliphatic rings. The summed E-state index contributed by atoms with van der Waals surface area (Å²) in [5.74, 6) is 0. The Bertz CT molecular complexity index is 122. The van der Waals surface area contributed by atoms with Crippen molar-refractivity contribution in [3.8, 4) is 0 Å². The number of hydrogen-bond donors (Lipinski definition) is 1. The Morgan fingerprint density at radius 3 is 2.73 bits per heavy atom. The largest absolute Gasteiger partial charge is 0.393 e. The summed E-state index contributed by atoms with van der Waals surface area (Å²) in [5, 5.41) is 9.36. The topological polar surface area (TPSA) is 20.2 Å². The van der Waals surface area contributed by atoms with Gasteiger partial charge in [-0.2, -0.15) is 0 Å². The van der Waals surface area contributed by atoms with Gasteiger partial charge in [-0.1, -0.05) is 26.7 Å². The van der Waals surface area contributed by atoms with Crippen LogP contribution >= 0.6 is 0 Å². The first-order valence-corrected chi connectivity index (χ1v) is 4.84. The third-order valence-corrected chi connectivity index (χ3v) is 2.94. The molecule has 2 atom stereocenters. The van der Waals surface area contributed by atoms with Crippen LogP contribution in [0.4, 0.5) is 0 Å². The molecule has 0 aromatic rings. The van der Waals surface area contributed by atoms with Crippen LogP contribution in [0, 0.1) is 5.41 Å². The van der Waals surface area contributed by atoms with E-state index in [4.69, 9.17) is 0 Å². The minimum Gasteiger partial charge on any atom is -0.393 e. The van der Waals surface area contributed by atoms with E-state index in [2.05, 4.69) is 13.8 Å². The van der Waals surface area contributed by atoms with Crippen LogP contribution < -0.4 is 0 Å². The summed E-state index contributed by atoms with van der Waals surface area (Å²) in [6, 6.07) is 0. The van der Waals surface area contributed by atoms with E-state index in [-0.39, 0.29) is 6.10 Å². The van der Waals surface area contributed by atoms with Crippen molar-refractivity contribution in [3.05, 3.63) is 0 Å². The van der Waals surface area contributed by atoms with E-state index in [0.29, 0.717) is 5.41 Å². The molecule has 1 N–H and O–H groups in total. The van der Waals surface area contributed by atoms with Crippen LogP contribution in [0.3, 0.4) is 0 Å². The van der Waals surface area contributed by atoms with E-state index >= 15 is 0 Å². The SMILES string of the molecule is CCCCC1(C)CCC(O)C1. The van der Waals surface area contributed by atoms with Gasteiger partial charge in [0, 0.05) is 0 Å². The first-order chi connectivity index (χ1) is 5.16. The molecule has 1 fully saturated rings. The van der Waals surface area contributed by atoms with Crippen molar-refractivity contribution >= 4 is 0 Å². The highest BCUT2D eigenvalue weighted by Gasteiger charge is 2.33. The fourth-order valence-corrected chi connectivity index (χ4v) is 2.12. The van der Waals surface area contributed by atoms with Gasteiger partial charge in [0.15, 0.2) is 0 Å². The van der Waals surface area contributed by atoms with Gasteiger partial charge < -0.3 is 5.11 Å². The molecule has 0 spiro atoms. The van der Waals surface area contributed by atoms with Crippen molar-refractivity contribution < 1.29 is 5.11 Å². The Balaban J connectivity index is 2.29. The number of aliphatic hydroxyl groups excluding tert-OH is 1. The minimum atomic E-state index is -0.00291. The third-order valence-electron chi connectivity index (χ3n) is 2.94. The summed E-state index contributed by atoms with van der Waals surface area (Å²) in [5.41, 5.74) is 0.468. The summed E-state index contributed by atoms with van der Waals surface area (Å²) in [6.45, 7) is 4.55. The second-order valence-electron chi connectivity index (χ2n) is 4.31. The molecule has 0 saturated heterocycles. The molecular formula is C10H20O. The Labute approximate surface area is 69.8 Å². The van der Waals surface area contributed by atoms with Crippen LogP contribution in [-0.2, 0) is 0 Å². The molecule has 1 saturated carbocycles. The molecular weight excluding hydrogens is 136 g/mol. The molecule has 0 aromatic carbocycles. The van der Waals surface area contributed by atoms with Gasteiger partial charge in [0.05, 0.1) is 6.10 Å². The van der Waals surface area contributed by atoms with Gasteiger partial charge in [0.2, 0.25) is 0 Å². The predicted octanol–water partition coefficient (Wildman–Crippen LogP) is 2.73. The standard InChI is InChI=1S/C10H20O/c1-3-4-6-10(2)7-5-9(11)8-10/h9,11H,3-8H2,1-2H3. The molecule has 66 valence electrons.